The van der Waals surface area contributed by atoms with Crippen LogP contribution in [-0.4, -0.2) is 9.97 Å². The van der Waals surface area contributed by atoms with Crippen LogP contribution in [0.4, 0.5) is 8.78 Å². The molecule has 0 fully saturated rings. The zero-order valence-electron chi connectivity index (χ0n) is 11.0. The van der Waals surface area contributed by atoms with Crippen molar-refractivity contribution in [1.29, 1.82) is 0 Å². The summed E-state index contributed by atoms with van der Waals surface area (Å²) in [5, 5.41) is 0.477. The van der Waals surface area contributed by atoms with Crippen LogP contribution in [0.2, 0.25) is 10.0 Å². The molecule has 1 aromatic heterocycles. The van der Waals surface area contributed by atoms with Crippen molar-refractivity contribution in [2.45, 2.75) is 19.8 Å². The summed E-state index contributed by atoms with van der Waals surface area (Å²) >= 11 is 11.9. The maximum absolute atomic E-state index is 13.5. The normalized spacial score (nSPS) is 11.5. The first-order valence-corrected chi connectivity index (χ1v) is 6.55. The number of benzene rings is 1. The summed E-state index contributed by atoms with van der Waals surface area (Å²) in [6, 6.07) is 2.92. The summed E-state index contributed by atoms with van der Waals surface area (Å²) in [6.07, 6.45) is 0.882. The van der Waals surface area contributed by atoms with Crippen LogP contribution in [0, 0.1) is 6.92 Å². The Bertz CT molecular complexity index is 742. The maximum atomic E-state index is 13.5. The van der Waals surface area contributed by atoms with Gasteiger partial charge >= 0.3 is 0 Å². The zero-order chi connectivity index (χ0) is 15.8. The molecule has 0 saturated heterocycles. The van der Waals surface area contributed by atoms with Crippen molar-refractivity contribution < 1.29 is 13.5 Å². The van der Waals surface area contributed by atoms with Crippen molar-refractivity contribution in [3.05, 3.63) is 50.1 Å². The van der Waals surface area contributed by atoms with Crippen LogP contribution in [0.1, 0.15) is 18.2 Å². The van der Waals surface area contributed by atoms with Crippen molar-refractivity contribution in [2.75, 3.05) is 0 Å². The molecule has 112 valence electrons. The zero-order valence-corrected chi connectivity index (χ0v) is 12.5. The lowest BCUT2D eigenvalue weighted by atomic mass is 10.2. The third-order valence-electron chi connectivity index (χ3n) is 2.62. The number of aromatic amines is 1. The molecule has 21 heavy (non-hydrogen) atoms. The van der Waals surface area contributed by atoms with E-state index < -0.39 is 22.9 Å². The number of aromatic nitrogens is 2. The molecule has 4 nitrogen and oxygen atoms in total. The molecule has 2 rings (SSSR count). The third kappa shape index (κ3) is 3.33. The molecule has 0 spiro atoms. The van der Waals surface area contributed by atoms with Crippen LogP contribution >= 0.6 is 23.2 Å². The van der Waals surface area contributed by atoms with Gasteiger partial charge in [-0.15, -0.1) is 0 Å². The highest BCUT2D eigenvalue weighted by atomic mass is 35.5. The molecule has 0 saturated carbocycles. The Morgan fingerprint density at radius 2 is 2.00 bits per heavy atom. The van der Waals surface area contributed by atoms with E-state index >= 15 is 0 Å². The third-order valence-corrected chi connectivity index (χ3v) is 3.33. The highest BCUT2D eigenvalue weighted by Crippen LogP contribution is 2.37. The second kappa shape index (κ2) is 5.61. The smallest absolute Gasteiger partial charge is 0.294 e. The predicted octanol–water partition coefficient (Wildman–Crippen LogP) is 4.29. The Labute approximate surface area is 128 Å². The number of hydrogen-bond donors (Lipinski definition) is 1. The topological polar surface area (TPSA) is 55.0 Å². The minimum atomic E-state index is -3.34. The van der Waals surface area contributed by atoms with E-state index in [2.05, 4.69) is 9.97 Å². The first-order valence-electron chi connectivity index (χ1n) is 5.79. The van der Waals surface area contributed by atoms with E-state index in [-0.39, 0.29) is 10.8 Å². The summed E-state index contributed by atoms with van der Waals surface area (Å²) in [4.78, 5) is 17.4. The SMILES string of the molecule is Cc1cc(Cl)cc(Oc2c(C(C)(F)F)nc[nH]c2=O)c1Cl. The number of rotatable bonds is 3. The lowest BCUT2D eigenvalue weighted by Gasteiger charge is -2.15. The van der Waals surface area contributed by atoms with Crippen LogP contribution in [0.15, 0.2) is 23.3 Å². The van der Waals surface area contributed by atoms with Crippen LogP contribution in [0.25, 0.3) is 0 Å². The second-order valence-corrected chi connectivity index (χ2v) is 5.25. The largest absolute Gasteiger partial charge is 0.448 e. The number of nitrogens with one attached hydrogen (secondary N) is 1. The molecular weight excluding hydrogens is 325 g/mol. The minimum absolute atomic E-state index is 0.00525. The number of ether oxygens (including phenoxy) is 1. The number of alkyl halides is 2. The van der Waals surface area contributed by atoms with E-state index in [1.54, 1.807) is 13.0 Å². The average Bonchev–Trinajstić information content (AvgIpc) is 2.36. The van der Waals surface area contributed by atoms with E-state index in [0.717, 1.165) is 6.33 Å². The molecule has 0 atom stereocenters. The van der Waals surface area contributed by atoms with Gasteiger partial charge in [0.05, 0.1) is 11.3 Å². The number of H-pyrrole nitrogens is 1. The monoisotopic (exact) mass is 334 g/mol. The number of aryl methyl sites for hydroxylation is 1. The van der Waals surface area contributed by atoms with Crippen molar-refractivity contribution >= 4 is 23.2 Å². The number of halogens is 4. The molecule has 0 aliphatic heterocycles. The molecular formula is C13H10Cl2F2N2O2. The molecule has 0 amide bonds. The first kappa shape index (κ1) is 15.7. The average molecular weight is 335 g/mol. The Morgan fingerprint density at radius 1 is 1.33 bits per heavy atom. The van der Waals surface area contributed by atoms with Gasteiger partial charge in [-0.25, -0.2) is 4.98 Å². The molecule has 1 N–H and O–H groups in total. The fraction of sp³-hybridized carbons (Fsp3) is 0.231. The van der Waals surface area contributed by atoms with Gasteiger partial charge in [0, 0.05) is 18.0 Å². The quantitative estimate of drug-likeness (QED) is 0.910. The van der Waals surface area contributed by atoms with Gasteiger partial charge in [0.25, 0.3) is 11.5 Å². The summed E-state index contributed by atoms with van der Waals surface area (Å²) in [6.45, 7) is 2.29. The van der Waals surface area contributed by atoms with E-state index in [1.807, 2.05) is 0 Å². The van der Waals surface area contributed by atoms with Gasteiger partial charge in [-0.3, -0.25) is 4.79 Å². The van der Waals surface area contributed by atoms with Crippen molar-refractivity contribution in [2.24, 2.45) is 0 Å². The standard InChI is InChI=1S/C13H10Cl2F2N2O2/c1-6-3-7(14)4-8(9(6)15)21-10-11(13(2,16)17)18-5-19-12(10)20/h3-5H,1-2H3,(H,18,19,20). The Morgan fingerprint density at radius 3 is 2.62 bits per heavy atom. The molecule has 1 aromatic carbocycles. The fourth-order valence-corrected chi connectivity index (χ4v) is 2.08. The molecule has 0 bridgehead atoms. The number of nitrogens with zero attached hydrogens (tertiary/aromatic N) is 1. The van der Waals surface area contributed by atoms with Gasteiger partial charge in [-0.2, -0.15) is 8.78 Å². The van der Waals surface area contributed by atoms with E-state index in [1.165, 1.54) is 6.07 Å². The van der Waals surface area contributed by atoms with Crippen molar-refractivity contribution in [3.63, 3.8) is 0 Å². The Kier molecular flexibility index (Phi) is 4.20. The van der Waals surface area contributed by atoms with Crippen LogP contribution in [0.5, 0.6) is 11.5 Å². The summed E-state index contributed by atoms with van der Waals surface area (Å²) in [5.74, 6) is -3.96. The fourth-order valence-electron chi connectivity index (χ4n) is 1.67. The van der Waals surface area contributed by atoms with E-state index in [0.29, 0.717) is 17.5 Å². The van der Waals surface area contributed by atoms with E-state index in [9.17, 15) is 13.6 Å². The molecule has 0 aliphatic rings. The van der Waals surface area contributed by atoms with Gasteiger partial charge in [0.2, 0.25) is 5.75 Å². The Balaban J connectivity index is 2.58. The molecule has 0 radical (unpaired) electrons. The molecule has 1 heterocycles. The highest BCUT2D eigenvalue weighted by Gasteiger charge is 2.32. The first-order chi connectivity index (χ1) is 9.70. The maximum Gasteiger partial charge on any atom is 0.294 e. The summed E-state index contributed by atoms with van der Waals surface area (Å²) in [7, 11) is 0. The highest BCUT2D eigenvalue weighted by molar-refractivity contribution is 6.34. The van der Waals surface area contributed by atoms with E-state index in [4.69, 9.17) is 27.9 Å². The molecule has 0 unspecified atom stereocenters. The predicted molar refractivity (Wildman–Crippen MR) is 75.7 cm³/mol. The van der Waals surface area contributed by atoms with Crippen LogP contribution in [0.3, 0.4) is 0 Å². The van der Waals surface area contributed by atoms with Gasteiger partial charge in [0.1, 0.15) is 5.75 Å². The molecule has 8 heteroatoms. The Hall–Kier alpha value is -1.66. The summed E-state index contributed by atoms with van der Waals surface area (Å²) < 4.78 is 32.3. The molecule has 0 aliphatic carbocycles. The van der Waals surface area contributed by atoms with Gasteiger partial charge in [0.15, 0.2) is 5.69 Å². The van der Waals surface area contributed by atoms with Crippen LogP contribution in [-0.2, 0) is 5.92 Å². The lowest BCUT2D eigenvalue weighted by molar-refractivity contribution is 0.0103. The van der Waals surface area contributed by atoms with Crippen molar-refractivity contribution in [3.8, 4) is 11.5 Å². The lowest BCUT2D eigenvalue weighted by Crippen LogP contribution is -2.19. The number of hydrogen-bond acceptors (Lipinski definition) is 3. The van der Waals surface area contributed by atoms with Crippen molar-refractivity contribution in [1.82, 2.24) is 9.97 Å². The van der Waals surface area contributed by atoms with Gasteiger partial charge in [-0.1, -0.05) is 23.2 Å². The second-order valence-electron chi connectivity index (χ2n) is 4.43. The van der Waals surface area contributed by atoms with Gasteiger partial charge < -0.3 is 9.72 Å². The van der Waals surface area contributed by atoms with Gasteiger partial charge in [-0.05, 0) is 18.6 Å². The van der Waals surface area contributed by atoms with Crippen LogP contribution < -0.4 is 10.3 Å². The summed E-state index contributed by atoms with van der Waals surface area (Å²) in [5.41, 5.74) is -1.03. The molecule has 2 aromatic rings. The minimum Gasteiger partial charge on any atom is -0.448 e.